The molecule has 4 nitrogen and oxygen atoms in total. The van der Waals surface area contributed by atoms with Crippen LogP contribution in [0, 0.1) is 5.82 Å². The van der Waals surface area contributed by atoms with Crippen molar-refractivity contribution in [3.05, 3.63) is 45.9 Å². The van der Waals surface area contributed by atoms with Crippen LogP contribution in [0.3, 0.4) is 0 Å². The smallest absolute Gasteiger partial charge is 0.161 e. The van der Waals surface area contributed by atoms with Crippen molar-refractivity contribution in [2.45, 2.75) is 13.0 Å². The number of benzene rings is 1. The van der Waals surface area contributed by atoms with Crippen molar-refractivity contribution in [1.82, 2.24) is 15.1 Å². The molecule has 1 heterocycles. The normalized spacial score (nSPS) is 12.4. The number of aryl methyl sites for hydroxylation is 1. The predicted molar refractivity (Wildman–Crippen MR) is 79.4 cm³/mol. The first-order chi connectivity index (χ1) is 9.58. The Kier molecular flexibility index (Phi) is 4.77. The molecule has 2 aromatic rings. The van der Waals surface area contributed by atoms with Gasteiger partial charge >= 0.3 is 0 Å². The highest BCUT2D eigenvalue weighted by atomic mass is 79.9. The molecule has 1 atom stereocenters. The van der Waals surface area contributed by atoms with Gasteiger partial charge in [0.25, 0.3) is 0 Å². The molecule has 0 bridgehead atoms. The van der Waals surface area contributed by atoms with Crippen LogP contribution in [0.1, 0.15) is 24.2 Å². The lowest BCUT2D eigenvalue weighted by Gasteiger charge is -2.20. The Bertz CT molecular complexity index is 600. The van der Waals surface area contributed by atoms with Gasteiger partial charge in [0, 0.05) is 17.1 Å². The summed E-state index contributed by atoms with van der Waals surface area (Å²) in [5.41, 5.74) is 1.37. The average Bonchev–Trinajstić information content (AvgIpc) is 2.78. The topological polar surface area (TPSA) is 39.1 Å². The van der Waals surface area contributed by atoms with Gasteiger partial charge in [-0.3, -0.25) is 4.68 Å². The van der Waals surface area contributed by atoms with Crippen LogP contribution in [0.4, 0.5) is 4.39 Å². The molecular formula is C14H17BrFN3O. The van der Waals surface area contributed by atoms with E-state index in [-0.39, 0.29) is 11.9 Å². The van der Waals surface area contributed by atoms with Crippen LogP contribution in [0.25, 0.3) is 0 Å². The zero-order chi connectivity index (χ0) is 14.7. The second-order valence-electron chi connectivity index (χ2n) is 4.38. The van der Waals surface area contributed by atoms with E-state index < -0.39 is 0 Å². The molecule has 0 saturated carbocycles. The van der Waals surface area contributed by atoms with E-state index in [0.29, 0.717) is 22.3 Å². The average molecular weight is 342 g/mol. The third-order valence-corrected chi connectivity index (χ3v) is 3.62. The quantitative estimate of drug-likeness (QED) is 0.908. The van der Waals surface area contributed by atoms with Gasteiger partial charge in [0.15, 0.2) is 5.75 Å². The van der Waals surface area contributed by atoms with Gasteiger partial charge in [0.2, 0.25) is 0 Å². The van der Waals surface area contributed by atoms with E-state index in [1.807, 2.05) is 20.0 Å². The van der Waals surface area contributed by atoms with Crippen molar-refractivity contribution in [2.75, 3.05) is 13.7 Å². The van der Waals surface area contributed by atoms with E-state index in [2.05, 4.69) is 26.3 Å². The number of nitrogens with zero attached hydrogens (tertiary/aromatic N) is 2. The molecule has 1 N–H and O–H groups in total. The summed E-state index contributed by atoms with van der Waals surface area (Å²) in [5, 5.41) is 7.46. The summed E-state index contributed by atoms with van der Waals surface area (Å²) in [5.74, 6) is 0.370. The minimum Gasteiger partial charge on any atom is -0.493 e. The SMILES string of the molecule is CCNC(c1ccc(Br)cc1F)c1c(OC)cnn1C. The van der Waals surface area contributed by atoms with Crippen LogP contribution in [0.5, 0.6) is 5.75 Å². The third kappa shape index (κ3) is 2.86. The lowest BCUT2D eigenvalue weighted by atomic mass is 10.0. The molecule has 1 aromatic carbocycles. The predicted octanol–water partition coefficient (Wildman–Crippen LogP) is 3.03. The highest BCUT2D eigenvalue weighted by Crippen LogP contribution is 2.31. The summed E-state index contributed by atoms with van der Waals surface area (Å²) in [6.07, 6.45) is 1.64. The van der Waals surface area contributed by atoms with Gasteiger partial charge < -0.3 is 10.1 Å². The van der Waals surface area contributed by atoms with E-state index in [0.717, 1.165) is 5.69 Å². The molecule has 1 aromatic heterocycles. The maximum atomic E-state index is 14.2. The summed E-state index contributed by atoms with van der Waals surface area (Å²) in [6.45, 7) is 2.68. The zero-order valence-corrected chi connectivity index (χ0v) is 13.2. The third-order valence-electron chi connectivity index (χ3n) is 3.12. The maximum absolute atomic E-state index is 14.2. The molecule has 0 amide bonds. The lowest BCUT2D eigenvalue weighted by Crippen LogP contribution is -2.25. The summed E-state index contributed by atoms with van der Waals surface area (Å²) < 4.78 is 22.0. The number of hydrogen-bond donors (Lipinski definition) is 1. The van der Waals surface area contributed by atoms with Gasteiger partial charge in [-0.15, -0.1) is 0 Å². The largest absolute Gasteiger partial charge is 0.493 e. The number of hydrogen-bond acceptors (Lipinski definition) is 3. The van der Waals surface area contributed by atoms with Crippen LogP contribution < -0.4 is 10.1 Å². The van der Waals surface area contributed by atoms with E-state index in [4.69, 9.17) is 4.74 Å². The van der Waals surface area contributed by atoms with Crippen molar-refractivity contribution >= 4 is 15.9 Å². The molecule has 20 heavy (non-hydrogen) atoms. The summed E-state index contributed by atoms with van der Waals surface area (Å²) in [6, 6.07) is 4.74. The van der Waals surface area contributed by atoms with E-state index in [9.17, 15) is 4.39 Å². The van der Waals surface area contributed by atoms with Crippen molar-refractivity contribution in [1.29, 1.82) is 0 Å². The van der Waals surface area contributed by atoms with Crippen molar-refractivity contribution < 1.29 is 9.13 Å². The molecule has 0 aliphatic heterocycles. The highest BCUT2D eigenvalue weighted by molar-refractivity contribution is 9.10. The van der Waals surface area contributed by atoms with Gasteiger partial charge in [-0.2, -0.15) is 5.10 Å². The second kappa shape index (κ2) is 6.37. The Hall–Kier alpha value is -1.40. The molecule has 0 saturated heterocycles. The molecule has 0 radical (unpaired) electrons. The van der Waals surface area contributed by atoms with Gasteiger partial charge in [-0.25, -0.2) is 4.39 Å². The molecule has 108 valence electrons. The monoisotopic (exact) mass is 341 g/mol. The van der Waals surface area contributed by atoms with E-state index >= 15 is 0 Å². The minimum atomic E-state index is -0.310. The number of aromatic nitrogens is 2. The number of halogens is 2. The Morgan fingerprint density at radius 3 is 2.85 bits per heavy atom. The minimum absolute atomic E-state index is 0.270. The number of ether oxygens (including phenoxy) is 1. The van der Waals surface area contributed by atoms with Gasteiger partial charge in [0.1, 0.15) is 11.5 Å². The number of rotatable bonds is 5. The number of methoxy groups -OCH3 is 1. The first-order valence-corrected chi connectivity index (χ1v) is 7.12. The molecule has 0 aliphatic carbocycles. The Labute approximate surface area is 126 Å². The number of nitrogens with one attached hydrogen (secondary N) is 1. The fourth-order valence-electron chi connectivity index (χ4n) is 2.21. The fourth-order valence-corrected chi connectivity index (χ4v) is 2.54. The van der Waals surface area contributed by atoms with Gasteiger partial charge in [-0.1, -0.05) is 28.9 Å². The summed E-state index contributed by atoms with van der Waals surface area (Å²) in [4.78, 5) is 0. The van der Waals surface area contributed by atoms with Crippen LogP contribution in [0.15, 0.2) is 28.9 Å². The molecule has 0 aliphatic rings. The summed E-state index contributed by atoms with van der Waals surface area (Å²) >= 11 is 3.27. The van der Waals surface area contributed by atoms with Crippen LogP contribution in [-0.4, -0.2) is 23.4 Å². The standard InChI is InChI=1S/C14H17BrFN3O/c1-4-17-13(10-6-5-9(15)7-11(10)16)14-12(20-3)8-18-19(14)2/h5-8,13,17H,4H2,1-3H3. The molecule has 0 spiro atoms. The molecule has 0 fully saturated rings. The molecule has 2 rings (SSSR count). The van der Waals surface area contributed by atoms with Crippen LogP contribution in [-0.2, 0) is 7.05 Å². The highest BCUT2D eigenvalue weighted by Gasteiger charge is 2.24. The molecule has 1 unspecified atom stereocenters. The van der Waals surface area contributed by atoms with Crippen LogP contribution >= 0.6 is 15.9 Å². The van der Waals surface area contributed by atoms with Gasteiger partial charge in [-0.05, 0) is 18.7 Å². The van der Waals surface area contributed by atoms with Crippen LogP contribution in [0.2, 0.25) is 0 Å². The fraction of sp³-hybridized carbons (Fsp3) is 0.357. The Morgan fingerprint density at radius 2 is 2.25 bits per heavy atom. The second-order valence-corrected chi connectivity index (χ2v) is 5.29. The Morgan fingerprint density at radius 1 is 1.50 bits per heavy atom. The maximum Gasteiger partial charge on any atom is 0.161 e. The van der Waals surface area contributed by atoms with Crippen molar-refractivity contribution in [3.63, 3.8) is 0 Å². The van der Waals surface area contributed by atoms with Gasteiger partial charge in [0.05, 0.1) is 19.3 Å². The van der Waals surface area contributed by atoms with Crippen molar-refractivity contribution in [2.24, 2.45) is 7.05 Å². The first kappa shape index (κ1) is 15.0. The van der Waals surface area contributed by atoms with E-state index in [1.54, 1.807) is 24.1 Å². The summed E-state index contributed by atoms with van der Waals surface area (Å²) in [7, 11) is 3.40. The zero-order valence-electron chi connectivity index (χ0n) is 11.7. The molecular weight excluding hydrogens is 325 g/mol. The Balaban J connectivity index is 2.53. The first-order valence-electron chi connectivity index (χ1n) is 6.32. The van der Waals surface area contributed by atoms with Crippen molar-refractivity contribution in [3.8, 4) is 5.75 Å². The molecule has 6 heteroatoms. The lowest BCUT2D eigenvalue weighted by molar-refractivity contribution is 0.400. The van der Waals surface area contributed by atoms with E-state index in [1.165, 1.54) is 6.07 Å².